The number of rotatable bonds is 7. The molecule has 1 amide bonds. The van der Waals surface area contributed by atoms with E-state index in [0.717, 1.165) is 31.0 Å². The van der Waals surface area contributed by atoms with Gasteiger partial charge in [-0.25, -0.2) is 4.39 Å². The van der Waals surface area contributed by atoms with Crippen molar-refractivity contribution in [1.29, 1.82) is 0 Å². The summed E-state index contributed by atoms with van der Waals surface area (Å²) in [7, 11) is 0. The van der Waals surface area contributed by atoms with Gasteiger partial charge in [0.2, 0.25) is 5.91 Å². The third kappa shape index (κ3) is 6.14. The van der Waals surface area contributed by atoms with E-state index in [1.807, 2.05) is 0 Å². The number of halogens is 1. The quantitative estimate of drug-likeness (QED) is 0.786. The summed E-state index contributed by atoms with van der Waals surface area (Å²) in [6.45, 7) is 6.51. The van der Waals surface area contributed by atoms with E-state index < -0.39 is 0 Å². The van der Waals surface area contributed by atoms with Gasteiger partial charge in [-0.15, -0.1) is 0 Å². The molecule has 1 aromatic carbocycles. The maximum absolute atomic E-state index is 12.8. The van der Waals surface area contributed by atoms with Gasteiger partial charge in [-0.05, 0) is 62.4 Å². The fraction of sp³-hybridized carbons (Fsp3) is 0.611. The molecule has 1 atom stereocenters. The van der Waals surface area contributed by atoms with Crippen LogP contribution < -0.4 is 5.32 Å². The lowest BCUT2D eigenvalue weighted by Gasteiger charge is -2.30. The Balaban J connectivity index is 1.55. The summed E-state index contributed by atoms with van der Waals surface area (Å²) in [6, 6.07) is 6.35. The molecule has 0 radical (unpaired) electrons. The highest BCUT2D eigenvalue weighted by Gasteiger charge is 2.15. The first-order valence-corrected chi connectivity index (χ1v) is 8.37. The molecule has 0 spiro atoms. The van der Waals surface area contributed by atoms with Crippen molar-refractivity contribution >= 4 is 5.91 Å². The van der Waals surface area contributed by atoms with Crippen molar-refractivity contribution in [3.63, 3.8) is 0 Å². The molecule has 1 N–H and O–H groups in total. The van der Waals surface area contributed by atoms with Gasteiger partial charge in [-0.3, -0.25) is 4.79 Å². The van der Waals surface area contributed by atoms with Crippen LogP contribution in [-0.2, 0) is 11.2 Å². The molecule has 0 aromatic heterocycles. The minimum Gasteiger partial charge on any atom is -0.356 e. The molecule has 22 heavy (non-hydrogen) atoms. The topological polar surface area (TPSA) is 32.3 Å². The monoisotopic (exact) mass is 306 g/mol. The molecule has 2 rings (SSSR count). The fourth-order valence-corrected chi connectivity index (χ4v) is 3.02. The van der Waals surface area contributed by atoms with Gasteiger partial charge in [-0.2, -0.15) is 0 Å². The first-order chi connectivity index (χ1) is 10.6. The summed E-state index contributed by atoms with van der Waals surface area (Å²) >= 11 is 0. The van der Waals surface area contributed by atoms with Crippen LogP contribution in [0.5, 0.6) is 0 Å². The lowest BCUT2D eigenvalue weighted by Crippen LogP contribution is -2.36. The van der Waals surface area contributed by atoms with Crippen LogP contribution in [0.1, 0.15) is 38.2 Å². The van der Waals surface area contributed by atoms with Crippen molar-refractivity contribution in [2.75, 3.05) is 26.2 Å². The van der Waals surface area contributed by atoms with Crippen molar-refractivity contribution in [1.82, 2.24) is 10.2 Å². The summed E-state index contributed by atoms with van der Waals surface area (Å²) in [4.78, 5) is 14.3. The van der Waals surface area contributed by atoms with E-state index in [-0.39, 0.29) is 11.7 Å². The number of carbonyl (C=O) groups is 1. The van der Waals surface area contributed by atoms with Crippen LogP contribution in [0.4, 0.5) is 4.39 Å². The first-order valence-electron chi connectivity index (χ1n) is 8.37. The molecule has 1 saturated heterocycles. The molecule has 0 aliphatic carbocycles. The standard InChI is InChI=1S/C18H27FN2O/c1-15-4-2-12-21(14-15)13-3-11-20-18(22)10-7-16-5-8-17(19)9-6-16/h5-6,8-9,15H,2-4,7,10-14H2,1H3,(H,20,22)/t15-/m0/s1. The highest BCUT2D eigenvalue weighted by Crippen LogP contribution is 2.15. The van der Waals surface area contributed by atoms with Crippen LogP contribution >= 0.6 is 0 Å². The number of hydrogen-bond acceptors (Lipinski definition) is 2. The van der Waals surface area contributed by atoms with E-state index >= 15 is 0 Å². The third-order valence-electron chi connectivity index (χ3n) is 4.27. The second-order valence-corrected chi connectivity index (χ2v) is 6.38. The van der Waals surface area contributed by atoms with Gasteiger partial charge in [0, 0.05) is 19.5 Å². The number of likely N-dealkylation sites (tertiary alicyclic amines) is 1. The van der Waals surface area contributed by atoms with E-state index in [1.165, 1.54) is 38.1 Å². The molecule has 0 saturated carbocycles. The first kappa shape index (κ1) is 16.9. The summed E-state index contributed by atoms with van der Waals surface area (Å²) in [5.74, 6) is 0.649. The average molecular weight is 306 g/mol. The Hall–Kier alpha value is -1.42. The summed E-state index contributed by atoms with van der Waals surface area (Å²) in [5, 5.41) is 2.98. The van der Waals surface area contributed by atoms with Crippen LogP contribution in [0, 0.1) is 11.7 Å². The summed E-state index contributed by atoms with van der Waals surface area (Å²) < 4.78 is 12.8. The van der Waals surface area contributed by atoms with Crippen LogP contribution in [0.3, 0.4) is 0 Å². The Morgan fingerprint density at radius 1 is 1.36 bits per heavy atom. The molecular formula is C18H27FN2O. The molecular weight excluding hydrogens is 279 g/mol. The smallest absolute Gasteiger partial charge is 0.220 e. The zero-order valence-electron chi connectivity index (χ0n) is 13.5. The number of aryl methyl sites for hydroxylation is 1. The molecule has 1 aromatic rings. The Morgan fingerprint density at radius 2 is 2.14 bits per heavy atom. The number of hydrogen-bond donors (Lipinski definition) is 1. The maximum atomic E-state index is 12.8. The zero-order valence-corrected chi connectivity index (χ0v) is 13.5. The van der Waals surface area contributed by atoms with Crippen molar-refractivity contribution in [2.45, 2.75) is 39.0 Å². The van der Waals surface area contributed by atoms with Gasteiger partial charge in [-0.1, -0.05) is 19.1 Å². The minimum atomic E-state index is -0.236. The molecule has 4 heteroatoms. The van der Waals surface area contributed by atoms with Gasteiger partial charge in [0.25, 0.3) is 0 Å². The number of benzene rings is 1. The van der Waals surface area contributed by atoms with Gasteiger partial charge in [0.15, 0.2) is 0 Å². The van der Waals surface area contributed by atoms with E-state index in [4.69, 9.17) is 0 Å². The molecule has 1 heterocycles. The van der Waals surface area contributed by atoms with Crippen LogP contribution in [0.15, 0.2) is 24.3 Å². The van der Waals surface area contributed by atoms with E-state index in [2.05, 4.69) is 17.1 Å². The van der Waals surface area contributed by atoms with E-state index in [9.17, 15) is 9.18 Å². The van der Waals surface area contributed by atoms with Crippen LogP contribution in [0.25, 0.3) is 0 Å². The molecule has 1 fully saturated rings. The van der Waals surface area contributed by atoms with Gasteiger partial charge < -0.3 is 10.2 Å². The number of nitrogens with zero attached hydrogens (tertiary/aromatic N) is 1. The summed E-state index contributed by atoms with van der Waals surface area (Å²) in [6.07, 6.45) is 4.78. The van der Waals surface area contributed by atoms with Crippen molar-refractivity contribution < 1.29 is 9.18 Å². The highest BCUT2D eigenvalue weighted by atomic mass is 19.1. The van der Waals surface area contributed by atoms with Gasteiger partial charge in [0.05, 0.1) is 0 Å². The Labute approximate surface area is 132 Å². The normalized spacial score (nSPS) is 19.1. The average Bonchev–Trinajstić information content (AvgIpc) is 2.51. The zero-order chi connectivity index (χ0) is 15.8. The van der Waals surface area contributed by atoms with Crippen molar-refractivity contribution in [3.8, 4) is 0 Å². The van der Waals surface area contributed by atoms with Crippen LogP contribution in [0.2, 0.25) is 0 Å². The number of carbonyl (C=O) groups excluding carboxylic acids is 1. The second-order valence-electron chi connectivity index (χ2n) is 6.38. The summed E-state index contributed by atoms with van der Waals surface area (Å²) in [5.41, 5.74) is 0.999. The Bertz CT molecular complexity index is 461. The predicted octanol–water partition coefficient (Wildman–Crippen LogP) is 3.00. The highest BCUT2D eigenvalue weighted by molar-refractivity contribution is 5.76. The lowest BCUT2D eigenvalue weighted by atomic mass is 10.0. The largest absolute Gasteiger partial charge is 0.356 e. The van der Waals surface area contributed by atoms with Gasteiger partial charge >= 0.3 is 0 Å². The molecule has 1 aliphatic rings. The van der Waals surface area contributed by atoms with E-state index in [1.54, 1.807) is 12.1 Å². The molecule has 1 aliphatic heterocycles. The molecule has 0 bridgehead atoms. The second kappa shape index (κ2) is 8.89. The predicted molar refractivity (Wildman–Crippen MR) is 87.2 cm³/mol. The van der Waals surface area contributed by atoms with Crippen molar-refractivity contribution in [3.05, 3.63) is 35.6 Å². The molecule has 0 unspecified atom stereocenters. The number of piperidine rings is 1. The van der Waals surface area contributed by atoms with Crippen molar-refractivity contribution in [2.24, 2.45) is 5.92 Å². The Kier molecular flexibility index (Phi) is 6.84. The van der Waals surface area contributed by atoms with E-state index in [0.29, 0.717) is 12.8 Å². The number of amides is 1. The van der Waals surface area contributed by atoms with Gasteiger partial charge in [0.1, 0.15) is 5.82 Å². The Morgan fingerprint density at radius 3 is 2.86 bits per heavy atom. The molecule has 3 nitrogen and oxygen atoms in total. The molecule has 122 valence electrons. The number of nitrogens with one attached hydrogen (secondary N) is 1. The third-order valence-corrected chi connectivity index (χ3v) is 4.27. The maximum Gasteiger partial charge on any atom is 0.220 e. The SMILES string of the molecule is C[C@H]1CCCN(CCCNC(=O)CCc2ccc(F)cc2)C1. The lowest BCUT2D eigenvalue weighted by molar-refractivity contribution is -0.121. The van der Waals surface area contributed by atoms with Crippen LogP contribution in [-0.4, -0.2) is 37.0 Å². The fourth-order valence-electron chi connectivity index (χ4n) is 3.02. The minimum absolute atomic E-state index is 0.0799.